The van der Waals surface area contributed by atoms with Crippen molar-refractivity contribution in [3.05, 3.63) is 53.6 Å². The number of hydrogen-bond acceptors (Lipinski definition) is 1. The number of anilines is 1. The summed E-state index contributed by atoms with van der Waals surface area (Å²) < 4.78 is 0. The highest BCUT2D eigenvalue weighted by Gasteiger charge is 2.28. The Hall–Kier alpha value is -1.76. The highest BCUT2D eigenvalue weighted by atomic mass is 15.1. The molecule has 0 bridgehead atoms. The molecule has 1 nitrogen and oxygen atoms in total. The molecule has 2 aliphatic rings. The van der Waals surface area contributed by atoms with E-state index in [1.165, 1.54) is 60.9 Å². The largest absolute Gasteiger partial charge is 0.374 e. The topological polar surface area (TPSA) is 3.24 Å². The lowest BCUT2D eigenvalue weighted by Gasteiger charge is -2.39. The molecule has 0 amide bonds. The van der Waals surface area contributed by atoms with E-state index in [0.717, 1.165) is 18.4 Å². The number of fused-ring (bicyclic) bond motifs is 1. The molecule has 186 valence electrons. The summed E-state index contributed by atoms with van der Waals surface area (Å²) in [6.45, 7) is 20.4. The van der Waals surface area contributed by atoms with E-state index in [2.05, 4.69) is 89.0 Å². The van der Waals surface area contributed by atoms with Crippen LogP contribution in [-0.4, -0.2) is 13.6 Å². The van der Waals surface area contributed by atoms with E-state index >= 15 is 0 Å². The van der Waals surface area contributed by atoms with Crippen LogP contribution < -0.4 is 4.90 Å². The van der Waals surface area contributed by atoms with Crippen molar-refractivity contribution in [3.8, 4) is 11.1 Å². The van der Waals surface area contributed by atoms with Crippen LogP contribution >= 0.6 is 0 Å². The summed E-state index contributed by atoms with van der Waals surface area (Å²) in [7, 11) is 2.22. The minimum absolute atomic E-state index is 0.352. The second-order valence-electron chi connectivity index (χ2n) is 10.7. The van der Waals surface area contributed by atoms with Crippen LogP contribution in [0.2, 0.25) is 0 Å². The van der Waals surface area contributed by atoms with Gasteiger partial charge in [0, 0.05) is 19.3 Å². The third kappa shape index (κ3) is 9.19. The van der Waals surface area contributed by atoms with Gasteiger partial charge in [-0.2, -0.15) is 0 Å². The van der Waals surface area contributed by atoms with Crippen LogP contribution in [0, 0.1) is 11.3 Å². The first-order valence-electron chi connectivity index (χ1n) is 13.7. The fourth-order valence-electron chi connectivity index (χ4n) is 4.96. The van der Waals surface area contributed by atoms with Crippen molar-refractivity contribution < 1.29 is 0 Å². The van der Waals surface area contributed by atoms with Crippen LogP contribution in [0.5, 0.6) is 0 Å². The third-order valence-corrected chi connectivity index (χ3v) is 6.15. The van der Waals surface area contributed by atoms with Crippen molar-refractivity contribution in [2.45, 2.75) is 107 Å². The van der Waals surface area contributed by atoms with Gasteiger partial charge >= 0.3 is 0 Å². The molecule has 1 heterocycles. The lowest BCUT2D eigenvalue weighted by Crippen LogP contribution is -2.37. The summed E-state index contributed by atoms with van der Waals surface area (Å²) in [5.74, 6) is 1.63. The van der Waals surface area contributed by atoms with Gasteiger partial charge in [-0.1, -0.05) is 112 Å². The average molecular weight is 452 g/mol. The van der Waals surface area contributed by atoms with Crippen LogP contribution in [-0.2, 0) is 6.42 Å². The summed E-state index contributed by atoms with van der Waals surface area (Å²) in [5, 5.41) is 0. The van der Waals surface area contributed by atoms with Crippen LogP contribution in [0.15, 0.2) is 42.5 Å². The van der Waals surface area contributed by atoms with Crippen molar-refractivity contribution >= 4 is 5.69 Å². The molecule has 0 aromatic heterocycles. The lowest BCUT2D eigenvalue weighted by molar-refractivity contribution is 0.356. The predicted molar refractivity (Wildman–Crippen MR) is 152 cm³/mol. The van der Waals surface area contributed by atoms with E-state index in [0.29, 0.717) is 5.41 Å². The maximum Gasteiger partial charge on any atom is 0.0396 e. The summed E-state index contributed by atoms with van der Waals surface area (Å²) >= 11 is 0. The standard InChI is InChI=1S/C24H31N.C4H10.2C2H6/c1-24(2)16-22-15-21(13-14-23(22)25(3)17-24)20-11-9-19(10-12-20)18-7-5-4-6-8-18;1-4(2)3;2*1-2/h9-15,18H,4-8,16-17H2,1-3H3;4H,1-3H3;2*1-2H3. The Morgan fingerprint density at radius 1 is 0.788 bits per heavy atom. The van der Waals surface area contributed by atoms with E-state index in [4.69, 9.17) is 0 Å². The maximum atomic E-state index is 2.42. The average Bonchev–Trinajstić information content (AvgIpc) is 2.81. The first-order chi connectivity index (χ1) is 15.7. The van der Waals surface area contributed by atoms with Gasteiger partial charge in [0.15, 0.2) is 0 Å². The summed E-state index contributed by atoms with van der Waals surface area (Å²) in [4.78, 5) is 2.41. The normalized spacial score (nSPS) is 16.9. The Balaban J connectivity index is 0.000000605. The SMILES string of the molecule is CC.CC.CC(C)C.CN1CC(C)(C)Cc2cc(-c3ccc(C4CCCCC4)cc3)ccc21. The van der Waals surface area contributed by atoms with Crippen LogP contribution in [0.25, 0.3) is 11.1 Å². The highest BCUT2D eigenvalue weighted by molar-refractivity contribution is 5.70. The molecule has 0 atom stereocenters. The van der Waals surface area contributed by atoms with Crippen LogP contribution in [0.1, 0.15) is 111 Å². The van der Waals surface area contributed by atoms with Crippen molar-refractivity contribution in [1.82, 2.24) is 0 Å². The fourth-order valence-corrected chi connectivity index (χ4v) is 4.96. The predicted octanol–water partition coefficient (Wildman–Crippen LogP) is 10.1. The first kappa shape index (κ1) is 29.3. The molecule has 0 saturated heterocycles. The number of rotatable bonds is 2. The van der Waals surface area contributed by atoms with Gasteiger partial charge in [0.05, 0.1) is 0 Å². The molecular formula is C32H53N. The van der Waals surface area contributed by atoms with Crippen molar-refractivity contribution in [1.29, 1.82) is 0 Å². The van der Waals surface area contributed by atoms with Crippen LogP contribution in [0.3, 0.4) is 0 Å². The molecule has 2 aromatic rings. The molecule has 4 rings (SSSR count). The van der Waals surface area contributed by atoms with E-state index in [1.54, 1.807) is 5.56 Å². The highest BCUT2D eigenvalue weighted by Crippen LogP contribution is 2.38. The molecule has 1 heteroatoms. The molecule has 0 radical (unpaired) electrons. The minimum Gasteiger partial charge on any atom is -0.374 e. The van der Waals surface area contributed by atoms with Crippen LogP contribution in [0.4, 0.5) is 5.69 Å². The van der Waals surface area contributed by atoms with E-state index < -0.39 is 0 Å². The molecule has 1 aliphatic carbocycles. The fraction of sp³-hybridized carbons (Fsp3) is 0.625. The minimum atomic E-state index is 0.352. The van der Waals surface area contributed by atoms with Gasteiger partial charge in [0.1, 0.15) is 0 Å². The summed E-state index contributed by atoms with van der Waals surface area (Å²) in [6.07, 6.45) is 8.15. The third-order valence-electron chi connectivity index (χ3n) is 6.15. The summed E-state index contributed by atoms with van der Waals surface area (Å²) in [6, 6.07) is 16.5. The molecule has 0 N–H and O–H groups in total. The Morgan fingerprint density at radius 2 is 1.30 bits per heavy atom. The maximum absolute atomic E-state index is 2.42. The number of nitrogens with zero attached hydrogens (tertiary/aromatic N) is 1. The zero-order valence-electron chi connectivity index (χ0n) is 23.6. The van der Waals surface area contributed by atoms with Gasteiger partial charge in [-0.25, -0.2) is 0 Å². The molecule has 2 aromatic carbocycles. The van der Waals surface area contributed by atoms with E-state index in [-0.39, 0.29) is 0 Å². The van der Waals surface area contributed by atoms with Crippen molar-refractivity contribution in [3.63, 3.8) is 0 Å². The van der Waals surface area contributed by atoms with E-state index in [1.807, 2.05) is 27.7 Å². The zero-order valence-corrected chi connectivity index (χ0v) is 23.6. The lowest BCUT2D eigenvalue weighted by atomic mass is 9.80. The van der Waals surface area contributed by atoms with Gasteiger partial charge < -0.3 is 4.90 Å². The van der Waals surface area contributed by atoms with Gasteiger partial charge in [-0.3, -0.25) is 0 Å². The van der Waals surface area contributed by atoms with Gasteiger partial charge in [0.25, 0.3) is 0 Å². The molecule has 1 fully saturated rings. The number of hydrogen-bond donors (Lipinski definition) is 0. The quantitative estimate of drug-likeness (QED) is 0.439. The second kappa shape index (κ2) is 14.5. The molecule has 0 spiro atoms. The van der Waals surface area contributed by atoms with Gasteiger partial charge in [0.2, 0.25) is 0 Å². The van der Waals surface area contributed by atoms with Gasteiger partial charge in [-0.05, 0) is 70.9 Å². The smallest absolute Gasteiger partial charge is 0.0396 e. The summed E-state index contributed by atoms with van der Waals surface area (Å²) in [5.41, 5.74) is 7.51. The Bertz CT molecular complexity index is 776. The molecule has 1 saturated carbocycles. The van der Waals surface area contributed by atoms with Crippen molar-refractivity contribution in [2.75, 3.05) is 18.5 Å². The molecule has 33 heavy (non-hydrogen) atoms. The number of benzene rings is 2. The van der Waals surface area contributed by atoms with E-state index in [9.17, 15) is 0 Å². The Morgan fingerprint density at radius 3 is 1.85 bits per heavy atom. The molecule has 0 unspecified atom stereocenters. The zero-order chi connectivity index (χ0) is 25.0. The van der Waals surface area contributed by atoms with Gasteiger partial charge in [-0.15, -0.1) is 0 Å². The Kier molecular flexibility index (Phi) is 12.9. The monoisotopic (exact) mass is 451 g/mol. The molecular weight excluding hydrogens is 398 g/mol. The second-order valence-corrected chi connectivity index (χ2v) is 10.7. The van der Waals surface area contributed by atoms with Crippen molar-refractivity contribution in [2.24, 2.45) is 11.3 Å². The first-order valence-corrected chi connectivity index (χ1v) is 13.7. The molecule has 1 aliphatic heterocycles. The Labute approximate surface area is 207 Å².